The van der Waals surface area contributed by atoms with Gasteiger partial charge in [0.05, 0.1) is 11.7 Å². The van der Waals surface area contributed by atoms with Crippen LogP contribution in [-0.4, -0.2) is 31.8 Å². The zero-order chi connectivity index (χ0) is 14.0. The lowest BCUT2D eigenvalue weighted by Gasteiger charge is -2.43. The van der Waals surface area contributed by atoms with Crippen LogP contribution in [0.2, 0.25) is 5.02 Å². The van der Waals surface area contributed by atoms with Gasteiger partial charge in [-0.25, -0.2) is 0 Å². The van der Waals surface area contributed by atoms with Crippen LogP contribution in [0, 0.1) is 0 Å². The lowest BCUT2D eigenvalue weighted by Crippen LogP contribution is -2.52. The number of morpholine rings is 1. The molecule has 0 radical (unpaired) electrons. The molecule has 0 spiro atoms. The average Bonchev–Trinajstić information content (AvgIpc) is 2.29. The Morgan fingerprint density at radius 2 is 2.21 bits per heavy atom. The van der Waals surface area contributed by atoms with Gasteiger partial charge in [0.1, 0.15) is 0 Å². The van der Waals surface area contributed by atoms with Crippen molar-refractivity contribution >= 4 is 17.3 Å². The molecule has 0 aliphatic carbocycles. The van der Waals surface area contributed by atoms with Gasteiger partial charge in [-0.3, -0.25) is 0 Å². The molecule has 1 aromatic carbocycles. The molecule has 1 aromatic rings. The molecular formula is C15H23ClN2O. The molecule has 1 fully saturated rings. The van der Waals surface area contributed by atoms with Gasteiger partial charge in [0.15, 0.2) is 0 Å². The molecule has 19 heavy (non-hydrogen) atoms. The van der Waals surface area contributed by atoms with E-state index in [4.69, 9.17) is 16.3 Å². The molecule has 1 N–H and O–H groups in total. The highest BCUT2D eigenvalue weighted by molar-refractivity contribution is 6.30. The van der Waals surface area contributed by atoms with Crippen molar-refractivity contribution < 1.29 is 4.74 Å². The highest BCUT2D eigenvalue weighted by Crippen LogP contribution is 2.30. The van der Waals surface area contributed by atoms with Crippen molar-refractivity contribution in [3.05, 3.63) is 28.8 Å². The van der Waals surface area contributed by atoms with Gasteiger partial charge in [-0.05, 0) is 45.5 Å². The first-order chi connectivity index (χ1) is 8.91. The van der Waals surface area contributed by atoms with Crippen LogP contribution in [0.25, 0.3) is 0 Å². The molecule has 2 rings (SSSR count). The second kappa shape index (κ2) is 5.70. The summed E-state index contributed by atoms with van der Waals surface area (Å²) in [4.78, 5) is 2.38. The maximum Gasteiger partial charge on any atom is 0.0805 e. The maximum absolute atomic E-state index is 6.17. The number of ether oxygens (including phenoxy) is 1. The molecule has 1 unspecified atom stereocenters. The smallest absolute Gasteiger partial charge is 0.0805 e. The first-order valence-electron chi connectivity index (χ1n) is 6.77. The molecular weight excluding hydrogens is 260 g/mol. The molecule has 0 aromatic heterocycles. The number of benzene rings is 1. The van der Waals surface area contributed by atoms with Crippen molar-refractivity contribution in [3.8, 4) is 0 Å². The normalized spacial score (nSPS) is 22.6. The molecule has 1 atom stereocenters. The molecule has 1 heterocycles. The Kier molecular flexibility index (Phi) is 4.39. The number of hydrogen-bond donors (Lipinski definition) is 1. The molecule has 0 bridgehead atoms. The Balaban J connectivity index is 2.31. The van der Waals surface area contributed by atoms with E-state index in [1.165, 1.54) is 11.3 Å². The van der Waals surface area contributed by atoms with Crippen molar-refractivity contribution in [2.45, 2.75) is 39.0 Å². The molecule has 4 heteroatoms. The summed E-state index contributed by atoms with van der Waals surface area (Å²) in [5.74, 6) is 0. The first kappa shape index (κ1) is 14.6. The molecule has 1 saturated heterocycles. The SMILES string of the molecule is CNCc1ccc(Cl)cc1N1CC(C)OC(C)(C)C1. The molecule has 1 aliphatic rings. The molecule has 1 aliphatic heterocycles. The highest BCUT2D eigenvalue weighted by Gasteiger charge is 2.32. The first-order valence-corrected chi connectivity index (χ1v) is 7.15. The third kappa shape index (κ3) is 3.62. The largest absolute Gasteiger partial charge is 0.369 e. The molecule has 106 valence electrons. The monoisotopic (exact) mass is 282 g/mol. The number of rotatable bonds is 3. The summed E-state index contributed by atoms with van der Waals surface area (Å²) in [6, 6.07) is 6.11. The Morgan fingerprint density at radius 3 is 2.84 bits per heavy atom. The van der Waals surface area contributed by atoms with Gasteiger partial charge in [-0.1, -0.05) is 17.7 Å². The topological polar surface area (TPSA) is 24.5 Å². The summed E-state index contributed by atoms with van der Waals surface area (Å²) in [6.07, 6.45) is 0.227. The highest BCUT2D eigenvalue weighted by atomic mass is 35.5. The van der Waals surface area contributed by atoms with E-state index in [2.05, 4.69) is 43.1 Å². The van der Waals surface area contributed by atoms with Gasteiger partial charge in [-0.2, -0.15) is 0 Å². The van der Waals surface area contributed by atoms with E-state index in [0.29, 0.717) is 0 Å². The predicted molar refractivity (Wildman–Crippen MR) is 81.1 cm³/mol. The minimum absolute atomic E-state index is 0.128. The zero-order valence-electron chi connectivity index (χ0n) is 12.2. The summed E-state index contributed by atoms with van der Waals surface area (Å²) in [5.41, 5.74) is 2.36. The van der Waals surface area contributed by atoms with Crippen molar-refractivity contribution in [2.24, 2.45) is 0 Å². The Bertz CT molecular complexity index is 448. The summed E-state index contributed by atoms with van der Waals surface area (Å²) >= 11 is 6.17. The van der Waals surface area contributed by atoms with Gasteiger partial charge in [0.25, 0.3) is 0 Å². The van der Waals surface area contributed by atoms with Crippen LogP contribution in [0.1, 0.15) is 26.3 Å². The molecule has 0 amide bonds. The van der Waals surface area contributed by atoms with Crippen molar-refractivity contribution in [1.82, 2.24) is 5.32 Å². The van der Waals surface area contributed by atoms with E-state index in [1.54, 1.807) is 0 Å². The molecule has 0 saturated carbocycles. The lowest BCUT2D eigenvalue weighted by molar-refractivity contribution is -0.0750. The fourth-order valence-corrected chi connectivity index (χ4v) is 2.97. The third-order valence-corrected chi connectivity index (χ3v) is 3.56. The van der Waals surface area contributed by atoms with E-state index < -0.39 is 0 Å². The number of halogens is 1. The Labute approximate surface area is 120 Å². The number of nitrogens with zero attached hydrogens (tertiary/aromatic N) is 1. The zero-order valence-corrected chi connectivity index (χ0v) is 12.9. The van der Waals surface area contributed by atoms with E-state index >= 15 is 0 Å². The minimum atomic E-state index is -0.128. The van der Waals surface area contributed by atoms with Gasteiger partial charge < -0.3 is 15.0 Å². The minimum Gasteiger partial charge on any atom is -0.369 e. The fourth-order valence-electron chi connectivity index (χ4n) is 2.81. The van der Waals surface area contributed by atoms with Crippen LogP contribution < -0.4 is 10.2 Å². The summed E-state index contributed by atoms with van der Waals surface area (Å²) in [7, 11) is 1.96. The molecule has 3 nitrogen and oxygen atoms in total. The number of anilines is 1. The summed E-state index contributed by atoms with van der Waals surface area (Å²) < 4.78 is 5.97. The quantitative estimate of drug-likeness (QED) is 0.922. The van der Waals surface area contributed by atoms with Crippen LogP contribution in [0.15, 0.2) is 18.2 Å². The Hall–Kier alpha value is -0.770. The standard InChI is InChI=1S/C15H23ClN2O/c1-11-9-18(10-15(2,3)19-11)14-7-13(16)6-5-12(14)8-17-4/h5-7,11,17H,8-10H2,1-4H3. The van der Waals surface area contributed by atoms with E-state index in [0.717, 1.165) is 24.7 Å². The van der Waals surface area contributed by atoms with Crippen LogP contribution in [0.3, 0.4) is 0 Å². The van der Waals surface area contributed by atoms with Gasteiger partial charge in [-0.15, -0.1) is 0 Å². The van der Waals surface area contributed by atoms with Crippen molar-refractivity contribution in [2.75, 3.05) is 25.0 Å². The second-order valence-corrected chi connectivity index (χ2v) is 6.31. The maximum atomic E-state index is 6.17. The van der Waals surface area contributed by atoms with E-state index in [9.17, 15) is 0 Å². The van der Waals surface area contributed by atoms with E-state index in [-0.39, 0.29) is 11.7 Å². The van der Waals surface area contributed by atoms with Crippen molar-refractivity contribution in [3.63, 3.8) is 0 Å². The van der Waals surface area contributed by atoms with Crippen LogP contribution >= 0.6 is 11.6 Å². The predicted octanol–water partition coefficient (Wildman–Crippen LogP) is 3.06. The number of hydrogen-bond acceptors (Lipinski definition) is 3. The van der Waals surface area contributed by atoms with Gasteiger partial charge in [0, 0.05) is 30.3 Å². The van der Waals surface area contributed by atoms with Gasteiger partial charge in [0.2, 0.25) is 0 Å². The Morgan fingerprint density at radius 1 is 1.47 bits per heavy atom. The van der Waals surface area contributed by atoms with Crippen LogP contribution in [0.5, 0.6) is 0 Å². The van der Waals surface area contributed by atoms with Crippen LogP contribution in [-0.2, 0) is 11.3 Å². The van der Waals surface area contributed by atoms with Crippen LogP contribution in [0.4, 0.5) is 5.69 Å². The second-order valence-electron chi connectivity index (χ2n) is 5.87. The third-order valence-electron chi connectivity index (χ3n) is 3.32. The lowest BCUT2D eigenvalue weighted by atomic mass is 10.0. The van der Waals surface area contributed by atoms with E-state index in [1.807, 2.05) is 13.1 Å². The van der Waals surface area contributed by atoms with Crippen molar-refractivity contribution in [1.29, 1.82) is 0 Å². The number of nitrogens with one attached hydrogen (secondary N) is 1. The fraction of sp³-hybridized carbons (Fsp3) is 0.600. The summed E-state index contributed by atoms with van der Waals surface area (Å²) in [5, 5.41) is 4.00. The average molecular weight is 283 g/mol. The summed E-state index contributed by atoms with van der Waals surface area (Å²) in [6.45, 7) is 9.03. The van der Waals surface area contributed by atoms with Gasteiger partial charge >= 0.3 is 0 Å².